The summed E-state index contributed by atoms with van der Waals surface area (Å²) in [6.45, 7) is 2.71. The van der Waals surface area contributed by atoms with E-state index in [0.717, 1.165) is 55.9 Å². The summed E-state index contributed by atoms with van der Waals surface area (Å²) in [5.74, 6) is 0.0923. The zero-order chi connectivity index (χ0) is 20.4. The summed E-state index contributed by atoms with van der Waals surface area (Å²) < 4.78 is 52.2. The van der Waals surface area contributed by atoms with Gasteiger partial charge in [0.1, 0.15) is 12.4 Å². The third kappa shape index (κ3) is 4.67. The van der Waals surface area contributed by atoms with Gasteiger partial charge in [-0.05, 0) is 30.3 Å². The van der Waals surface area contributed by atoms with E-state index in [1.165, 1.54) is 17.0 Å². The highest BCUT2D eigenvalue weighted by atomic mass is 19.4. The second-order valence-corrected chi connectivity index (χ2v) is 7.62. The van der Waals surface area contributed by atoms with Crippen molar-refractivity contribution in [3.8, 4) is 11.3 Å². The minimum Gasteiger partial charge on any atom is -0.331 e. The number of nitrogens with one attached hydrogen (secondary N) is 2. The van der Waals surface area contributed by atoms with Gasteiger partial charge in [0.2, 0.25) is 0 Å². The summed E-state index contributed by atoms with van der Waals surface area (Å²) in [5, 5.41) is 7.25. The second kappa shape index (κ2) is 7.99. The molecule has 0 amide bonds. The topological polar surface area (TPSA) is 33.1 Å². The fraction of sp³-hybridized carbons (Fsp3) is 0.318. The maximum atomic E-state index is 13.4. The molecular formula is C22H22F4N3+. The maximum Gasteiger partial charge on any atom is 0.416 e. The molecule has 3 nitrogen and oxygen atoms in total. The Labute approximate surface area is 166 Å². The summed E-state index contributed by atoms with van der Waals surface area (Å²) in [6.07, 6.45) is -2.46. The number of benzene rings is 2. The lowest BCUT2D eigenvalue weighted by atomic mass is 9.93. The molecule has 152 valence electrons. The predicted molar refractivity (Wildman–Crippen MR) is 102 cm³/mol. The van der Waals surface area contributed by atoms with Crippen molar-refractivity contribution >= 4 is 0 Å². The van der Waals surface area contributed by atoms with Gasteiger partial charge in [0.05, 0.1) is 24.3 Å². The van der Waals surface area contributed by atoms with Crippen molar-refractivity contribution in [2.75, 3.05) is 13.1 Å². The molecule has 3 aromatic rings. The quantitative estimate of drug-likeness (QED) is 0.628. The average molecular weight is 404 g/mol. The Bertz CT molecular complexity index is 972. The van der Waals surface area contributed by atoms with Gasteiger partial charge < -0.3 is 4.90 Å². The van der Waals surface area contributed by atoms with Crippen LogP contribution in [0.25, 0.3) is 11.3 Å². The Hall–Kier alpha value is -2.67. The molecule has 4 rings (SSSR count). The van der Waals surface area contributed by atoms with E-state index in [0.29, 0.717) is 17.2 Å². The third-order valence-corrected chi connectivity index (χ3v) is 5.56. The van der Waals surface area contributed by atoms with Gasteiger partial charge in [-0.15, -0.1) is 0 Å². The van der Waals surface area contributed by atoms with Crippen molar-refractivity contribution in [1.82, 2.24) is 10.2 Å². The van der Waals surface area contributed by atoms with Gasteiger partial charge in [-0.25, -0.2) is 4.39 Å². The first-order valence-electron chi connectivity index (χ1n) is 9.69. The van der Waals surface area contributed by atoms with E-state index in [-0.39, 0.29) is 5.82 Å². The molecule has 1 aliphatic heterocycles. The number of aromatic amines is 1. The van der Waals surface area contributed by atoms with E-state index in [1.54, 1.807) is 18.2 Å². The summed E-state index contributed by atoms with van der Waals surface area (Å²) in [5.41, 5.74) is 2.26. The molecule has 0 unspecified atom stereocenters. The van der Waals surface area contributed by atoms with Crippen LogP contribution in [0.4, 0.5) is 17.6 Å². The lowest BCUT2D eigenvalue weighted by molar-refractivity contribution is -0.919. The third-order valence-electron chi connectivity index (χ3n) is 5.56. The zero-order valence-electron chi connectivity index (χ0n) is 15.8. The minimum atomic E-state index is -4.37. The highest BCUT2D eigenvalue weighted by Gasteiger charge is 2.31. The number of alkyl halides is 3. The lowest BCUT2D eigenvalue weighted by Gasteiger charge is -2.28. The number of hydrogen-bond donors (Lipinski definition) is 2. The Morgan fingerprint density at radius 3 is 2.48 bits per heavy atom. The van der Waals surface area contributed by atoms with Crippen LogP contribution in [0.2, 0.25) is 0 Å². The Morgan fingerprint density at radius 2 is 1.76 bits per heavy atom. The smallest absolute Gasteiger partial charge is 0.331 e. The Balaban J connectivity index is 1.40. The molecule has 7 heteroatoms. The number of halogens is 4. The maximum absolute atomic E-state index is 13.4. The molecule has 0 spiro atoms. The molecule has 1 aliphatic rings. The zero-order valence-corrected chi connectivity index (χ0v) is 15.8. The van der Waals surface area contributed by atoms with E-state index in [9.17, 15) is 17.6 Å². The van der Waals surface area contributed by atoms with E-state index >= 15 is 0 Å². The largest absolute Gasteiger partial charge is 0.416 e. The van der Waals surface area contributed by atoms with E-state index in [2.05, 4.69) is 10.2 Å². The highest BCUT2D eigenvalue weighted by molar-refractivity contribution is 5.60. The first-order chi connectivity index (χ1) is 13.9. The molecule has 2 aromatic carbocycles. The lowest BCUT2D eigenvalue weighted by Crippen LogP contribution is -3.11. The molecule has 2 heterocycles. The molecule has 29 heavy (non-hydrogen) atoms. The van der Waals surface area contributed by atoms with Crippen molar-refractivity contribution < 1.29 is 22.5 Å². The normalized spacial score (nSPS) is 20.0. The van der Waals surface area contributed by atoms with Crippen LogP contribution in [-0.4, -0.2) is 23.3 Å². The van der Waals surface area contributed by atoms with Crippen LogP contribution >= 0.6 is 0 Å². The van der Waals surface area contributed by atoms with Gasteiger partial charge in [-0.3, -0.25) is 5.10 Å². The van der Waals surface area contributed by atoms with Crippen molar-refractivity contribution in [3.63, 3.8) is 0 Å². The monoisotopic (exact) mass is 404 g/mol. The van der Waals surface area contributed by atoms with Crippen molar-refractivity contribution in [3.05, 3.63) is 77.2 Å². The predicted octanol–water partition coefficient (Wildman–Crippen LogP) is 4.20. The van der Waals surface area contributed by atoms with Crippen molar-refractivity contribution in [2.24, 2.45) is 0 Å². The summed E-state index contributed by atoms with van der Waals surface area (Å²) in [7, 11) is 0. The first kappa shape index (κ1) is 19.6. The number of hydrogen-bond acceptors (Lipinski definition) is 1. The number of aromatic nitrogens is 2. The van der Waals surface area contributed by atoms with Crippen LogP contribution in [0.15, 0.2) is 54.6 Å². The number of likely N-dealkylation sites (tertiary alicyclic amines) is 1. The molecule has 0 atom stereocenters. The van der Waals surface area contributed by atoms with Crippen LogP contribution in [0.1, 0.15) is 35.6 Å². The molecule has 1 fully saturated rings. The fourth-order valence-corrected chi connectivity index (χ4v) is 4.00. The molecule has 0 bridgehead atoms. The van der Waals surface area contributed by atoms with Crippen LogP contribution in [0.3, 0.4) is 0 Å². The first-order valence-corrected chi connectivity index (χ1v) is 9.69. The number of rotatable bonds is 4. The minimum absolute atomic E-state index is 0.212. The Morgan fingerprint density at radius 1 is 1.00 bits per heavy atom. The van der Waals surface area contributed by atoms with Gasteiger partial charge >= 0.3 is 6.18 Å². The molecule has 0 aliphatic carbocycles. The molecule has 0 saturated carbocycles. The van der Waals surface area contributed by atoms with Gasteiger partial charge in [0.25, 0.3) is 0 Å². The van der Waals surface area contributed by atoms with Crippen LogP contribution in [0, 0.1) is 5.82 Å². The number of quaternary nitrogens is 1. The summed E-state index contributed by atoms with van der Waals surface area (Å²) >= 11 is 0. The molecule has 1 saturated heterocycles. The summed E-state index contributed by atoms with van der Waals surface area (Å²) in [6, 6.07) is 13.8. The molecular weight excluding hydrogens is 382 g/mol. The fourth-order valence-electron chi connectivity index (χ4n) is 4.00. The molecule has 2 N–H and O–H groups in total. The number of nitrogens with zero attached hydrogens (tertiary/aromatic N) is 1. The van der Waals surface area contributed by atoms with Crippen LogP contribution in [-0.2, 0) is 12.7 Å². The van der Waals surface area contributed by atoms with Gasteiger partial charge in [0, 0.05) is 35.6 Å². The van der Waals surface area contributed by atoms with Crippen LogP contribution < -0.4 is 4.90 Å². The van der Waals surface area contributed by atoms with Crippen molar-refractivity contribution in [2.45, 2.75) is 31.5 Å². The second-order valence-electron chi connectivity index (χ2n) is 7.62. The number of piperidine rings is 1. The van der Waals surface area contributed by atoms with Crippen LogP contribution in [0.5, 0.6) is 0 Å². The number of H-pyrrole nitrogens is 1. The van der Waals surface area contributed by atoms with E-state index in [4.69, 9.17) is 0 Å². The average Bonchev–Trinajstić information content (AvgIpc) is 3.18. The highest BCUT2D eigenvalue weighted by Crippen LogP contribution is 2.32. The van der Waals surface area contributed by atoms with E-state index < -0.39 is 11.7 Å². The van der Waals surface area contributed by atoms with Crippen molar-refractivity contribution in [1.29, 1.82) is 0 Å². The molecule has 0 radical (unpaired) electrons. The Kier molecular flexibility index (Phi) is 5.41. The van der Waals surface area contributed by atoms with E-state index in [1.807, 2.05) is 12.1 Å². The van der Waals surface area contributed by atoms with Gasteiger partial charge in [-0.2, -0.15) is 18.3 Å². The van der Waals surface area contributed by atoms with Gasteiger partial charge in [-0.1, -0.05) is 24.3 Å². The molecule has 1 aromatic heterocycles. The SMILES string of the molecule is Fc1cccc(C[NH+]2CCC(c3cc(-c4cccc(C(F)(F)F)c4)n[nH]3)CC2)c1. The standard InChI is InChI=1S/C22H21F4N3/c23-19-6-1-3-15(11-19)14-29-9-7-16(8-10-29)20-13-21(28-27-20)17-4-2-5-18(12-17)22(24,25)26/h1-6,11-13,16H,7-10,14H2,(H,27,28)/p+1. The van der Waals surface area contributed by atoms with Gasteiger partial charge in [0.15, 0.2) is 0 Å². The summed E-state index contributed by atoms with van der Waals surface area (Å²) in [4.78, 5) is 1.41.